The van der Waals surface area contributed by atoms with Crippen molar-refractivity contribution in [3.63, 3.8) is 0 Å². The Balaban J connectivity index is 2.76. The van der Waals surface area contributed by atoms with E-state index >= 15 is 0 Å². The Labute approximate surface area is 105 Å². The predicted octanol–water partition coefficient (Wildman–Crippen LogP) is 3.01. The fourth-order valence-electron chi connectivity index (χ4n) is 1.49. The van der Waals surface area contributed by atoms with Gasteiger partial charge in [0.25, 0.3) is 5.69 Å². The first kappa shape index (κ1) is 13.7. The van der Waals surface area contributed by atoms with Gasteiger partial charge >= 0.3 is 0 Å². The van der Waals surface area contributed by atoms with Crippen molar-refractivity contribution in [1.29, 1.82) is 0 Å². The fourth-order valence-corrected chi connectivity index (χ4v) is 1.81. The lowest BCUT2D eigenvalue weighted by molar-refractivity contribution is -0.384. The number of non-ortho nitro benzene ring substituents is 1. The van der Waals surface area contributed by atoms with Gasteiger partial charge < -0.3 is 10.1 Å². The maximum Gasteiger partial charge on any atom is 0.271 e. The Morgan fingerprint density at radius 1 is 1.53 bits per heavy atom. The van der Waals surface area contributed by atoms with Crippen LogP contribution in [0.5, 0.6) is 0 Å². The summed E-state index contributed by atoms with van der Waals surface area (Å²) in [5.74, 6) is 0. The van der Waals surface area contributed by atoms with Gasteiger partial charge in [-0.3, -0.25) is 10.1 Å². The molecule has 0 saturated carbocycles. The van der Waals surface area contributed by atoms with Gasteiger partial charge in [-0.15, -0.1) is 0 Å². The first-order valence-corrected chi connectivity index (χ1v) is 5.61. The van der Waals surface area contributed by atoms with Gasteiger partial charge in [-0.05, 0) is 18.9 Å². The zero-order valence-corrected chi connectivity index (χ0v) is 10.6. The van der Waals surface area contributed by atoms with Crippen LogP contribution in [-0.2, 0) is 4.74 Å². The summed E-state index contributed by atoms with van der Waals surface area (Å²) in [6.45, 7) is 3.17. The summed E-state index contributed by atoms with van der Waals surface area (Å²) in [5.41, 5.74) is 1.52. The predicted molar refractivity (Wildman–Crippen MR) is 67.8 cm³/mol. The SMILES string of the molecule is COCCCNc1c(C)cc([N+](=O)[O-])cc1Cl. The van der Waals surface area contributed by atoms with Crippen LogP contribution in [0.3, 0.4) is 0 Å². The highest BCUT2D eigenvalue weighted by atomic mass is 35.5. The van der Waals surface area contributed by atoms with Crippen LogP contribution in [0.25, 0.3) is 0 Å². The lowest BCUT2D eigenvalue weighted by Crippen LogP contribution is -2.06. The smallest absolute Gasteiger partial charge is 0.271 e. The van der Waals surface area contributed by atoms with Crippen molar-refractivity contribution in [2.45, 2.75) is 13.3 Å². The van der Waals surface area contributed by atoms with Crippen molar-refractivity contribution in [3.8, 4) is 0 Å². The Morgan fingerprint density at radius 2 is 2.24 bits per heavy atom. The summed E-state index contributed by atoms with van der Waals surface area (Å²) in [6.07, 6.45) is 0.850. The normalized spacial score (nSPS) is 10.3. The third kappa shape index (κ3) is 3.87. The number of nitrogens with zero attached hydrogens (tertiary/aromatic N) is 1. The molecular formula is C11H15ClN2O3. The molecule has 0 aliphatic carbocycles. The van der Waals surface area contributed by atoms with Crippen LogP contribution in [-0.4, -0.2) is 25.2 Å². The molecule has 0 aliphatic rings. The molecular weight excluding hydrogens is 244 g/mol. The molecule has 5 nitrogen and oxygen atoms in total. The van der Waals surface area contributed by atoms with E-state index in [2.05, 4.69) is 5.32 Å². The Kier molecular flexibility index (Phi) is 5.18. The molecule has 0 atom stereocenters. The van der Waals surface area contributed by atoms with Crippen LogP contribution in [0, 0.1) is 17.0 Å². The number of aryl methyl sites for hydroxylation is 1. The third-order valence-electron chi connectivity index (χ3n) is 2.31. The van der Waals surface area contributed by atoms with Gasteiger partial charge in [-0.25, -0.2) is 0 Å². The quantitative estimate of drug-likeness (QED) is 0.484. The number of halogens is 1. The number of hydrogen-bond acceptors (Lipinski definition) is 4. The van der Waals surface area contributed by atoms with Crippen LogP contribution < -0.4 is 5.32 Å². The largest absolute Gasteiger partial charge is 0.385 e. The number of nitro benzene ring substituents is 1. The molecule has 0 heterocycles. The molecule has 0 spiro atoms. The van der Waals surface area contributed by atoms with E-state index in [0.29, 0.717) is 18.2 Å². The average molecular weight is 259 g/mol. The Bertz CT molecular complexity index is 387. The van der Waals surface area contributed by atoms with Gasteiger partial charge in [0.2, 0.25) is 0 Å². The summed E-state index contributed by atoms with van der Waals surface area (Å²) in [6, 6.07) is 2.86. The molecule has 94 valence electrons. The monoisotopic (exact) mass is 258 g/mol. The number of rotatable bonds is 6. The van der Waals surface area contributed by atoms with Crippen molar-refractivity contribution in [1.82, 2.24) is 0 Å². The Hall–Kier alpha value is -1.33. The zero-order valence-electron chi connectivity index (χ0n) is 9.83. The summed E-state index contributed by atoms with van der Waals surface area (Å²) in [7, 11) is 1.64. The molecule has 0 bridgehead atoms. The minimum absolute atomic E-state index is 0.00921. The molecule has 0 unspecified atom stereocenters. The lowest BCUT2D eigenvalue weighted by atomic mass is 10.1. The summed E-state index contributed by atoms with van der Waals surface area (Å²) in [4.78, 5) is 10.2. The summed E-state index contributed by atoms with van der Waals surface area (Å²) in [5, 5.41) is 14.1. The van der Waals surface area contributed by atoms with E-state index in [9.17, 15) is 10.1 Å². The van der Waals surface area contributed by atoms with Crippen LogP contribution in [0.4, 0.5) is 11.4 Å². The second kappa shape index (κ2) is 6.42. The van der Waals surface area contributed by atoms with Crippen molar-refractivity contribution in [2.75, 3.05) is 25.6 Å². The molecule has 0 amide bonds. The number of benzene rings is 1. The lowest BCUT2D eigenvalue weighted by Gasteiger charge is -2.11. The molecule has 1 aromatic carbocycles. The molecule has 6 heteroatoms. The van der Waals surface area contributed by atoms with E-state index < -0.39 is 4.92 Å². The number of hydrogen-bond donors (Lipinski definition) is 1. The second-order valence-electron chi connectivity index (χ2n) is 3.65. The molecule has 0 aliphatic heterocycles. The molecule has 1 aromatic rings. The van der Waals surface area contributed by atoms with Gasteiger partial charge in [-0.2, -0.15) is 0 Å². The number of nitro groups is 1. The van der Waals surface area contributed by atoms with Crippen LogP contribution >= 0.6 is 11.6 Å². The molecule has 0 radical (unpaired) electrons. The van der Waals surface area contributed by atoms with E-state index in [1.165, 1.54) is 12.1 Å². The van der Waals surface area contributed by atoms with Crippen LogP contribution in [0.15, 0.2) is 12.1 Å². The van der Waals surface area contributed by atoms with Crippen molar-refractivity contribution in [3.05, 3.63) is 32.8 Å². The maximum absolute atomic E-state index is 10.6. The van der Waals surface area contributed by atoms with E-state index in [1.807, 2.05) is 0 Å². The third-order valence-corrected chi connectivity index (χ3v) is 2.61. The molecule has 0 aromatic heterocycles. The standard InChI is InChI=1S/C11H15ClN2O3/c1-8-6-9(14(15)16)7-10(12)11(8)13-4-3-5-17-2/h6-7,13H,3-5H2,1-2H3. The molecule has 1 rings (SSSR count). The minimum Gasteiger partial charge on any atom is -0.385 e. The zero-order chi connectivity index (χ0) is 12.8. The second-order valence-corrected chi connectivity index (χ2v) is 4.06. The molecule has 0 saturated heterocycles. The first-order chi connectivity index (χ1) is 8.06. The number of ether oxygens (including phenoxy) is 1. The van der Waals surface area contributed by atoms with E-state index in [0.717, 1.165) is 17.7 Å². The maximum atomic E-state index is 10.6. The van der Waals surface area contributed by atoms with Crippen molar-refractivity contribution >= 4 is 23.0 Å². The highest BCUT2D eigenvalue weighted by Gasteiger charge is 2.12. The Morgan fingerprint density at radius 3 is 2.76 bits per heavy atom. The number of methoxy groups -OCH3 is 1. The van der Waals surface area contributed by atoms with E-state index in [1.54, 1.807) is 14.0 Å². The molecule has 0 fully saturated rings. The van der Waals surface area contributed by atoms with Gasteiger partial charge in [0.1, 0.15) is 0 Å². The van der Waals surface area contributed by atoms with E-state index in [4.69, 9.17) is 16.3 Å². The highest BCUT2D eigenvalue weighted by molar-refractivity contribution is 6.33. The van der Waals surface area contributed by atoms with Gasteiger partial charge in [0.05, 0.1) is 15.6 Å². The van der Waals surface area contributed by atoms with E-state index in [-0.39, 0.29) is 5.69 Å². The summed E-state index contributed by atoms with van der Waals surface area (Å²) < 4.78 is 4.93. The molecule has 1 N–H and O–H groups in total. The summed E-state index contributed by atoms with van der Waals surface area (Å²) >= 11 is 5.99. The average Bonchev–Trinajstić information content (AvgIpc) is 2.26. The number of anilines is 1. The van der Waals surface area contributed by atoms with Crippen LogP contribution in [0.2, 0.25) is 5.02 Å². The highest BCUT2D eigenvalue weighted by Crippen LogP contribution is 2.30. The topological polar surface area (TPSA) is 64.4 Å². The fraction of sp³-hybridized carbons (Fsp3) is 0.455. The van der Waals surface area contributed by atoms with Crippen LogP contribution in [0.1, 0.15) is 12.0 Å². The van der Waals surface area contributed by atoms with Gasteiger partial charge in [0.15, 0.2) is 0 Å². The minimum atomic E-state index is -0.451. The van der Waals surface area contributed by atoms with Crippen molar-refractivity contribution in [2.24, 2.45) is 0 Å². The number of nitrogens with one attached hydrogen (secondary N) is 1. The molecule has 17 heavy (non-hydrogen) atoms. The van der Waals surface area contributed by atoms with Gasteiger partial charge in [0, 0.05) is 32.4 Å². The first-order valence-electron chi connectivity index (χ1n) is 5.23. The van der Waals surface area contributed by atoms with Crippen molar-refractivity contribution < 1.29 is 9.66 Å². The van der Waals surface area contributed by atoms with Gasteiger partial charge in [-0.1, -0.05) is 11.6 Å².